The molecule has 4 nitrogen and oxygen atoms in total. The van der Waals surface area contributed by atoms with E-state index in [1.807, 2.05) is 59.5 Å². The molecule has 0 saturated carbocycles. The molecule has 120 valence electrons. The number of rotatable bonds is 3. The number of hydrogen-bond acceptors (Lipinski definition) is 3. The number of amides is 1. The van der Waals surface area contributed by atoms with Crippen LogP contribution >= 0.6 is 0 Å². The van der Waals surface area contributed by atoms with Crippen molar-refractivity contribution in [2.45, 2.75) is 6.42 Å². The average Bonchev–Trinajstić information content (AvgIpc) is 2.80. The molecule has 2 aromatic carbocycles. The van der Waals surface area contributed by atoms with Crippen molar-refractivity contribution in [2.75, 3.05) is 33.2 Å². The van der Waals surface area contributed by atoms with Gasteiger partial charge in [0, 0.05) is 25.2 Å². The third kappa shape index (κ3) is 4.11. The minimum absolute atomic E-state index is 0.103. The van der Waals surface area contributed by atoms with Crippen molar-refractivity contribution in [1.82, 2.24) is 9.80 Å². The first-order valence-electron chi connectivity index (χ1n) is 8.03. The molecule has 3 rings (SSSR count). The first kappa shape index (κ1) is 15.6. The van der Waals surface area contributed by atoms with Crippen LogP contribution in [-0.4, -0.2) is 48.9 Å². The van der Waals surface area contributed by atoms with Crippen molar-refractivity contribution in [3.8, 4) is 11.5 Å². The van der Waals surface area contributed by atoms with Crippen LogP contribution in [0.4, 0.5) is 0 Å². The van der Waals surface area contributed by atoms with Gasteiger partial charge in [-0.3, -0.25) is 4.79 Å². The van der Waals surface area contributed by atoms with Crippen molar-refractivity contribution in [3.05, 3.63) is 60.2 Å². The van der Waals surface area contributed by atoms with E-state index in [1.54, 1.807) is 0 Å². The first-order valence-corrected chi connectivity index (χ1v) is 8.03. The van der Waals surface area contributed by atoms with E-state index in [4.69, 9.17) is 4.74 Å². The topological polar surface area (TPSA) is 32.8 Å². The van der Waals surface area contributed by atoms with Crippen molar-refractivity contribution in [3.63, 3.8) is 0 Å². The zero-order chi connectivity index (χ0) is 16.1. The van der Waals surface area contributed by atoms with E-state index in [-0.39, 0.29) is 5.91 Å². The lowest BCUT2D eigenvalue weighted by molar-refractivity contribution is 0.0763. The van der Waals surface area contributed by atoms with Gasteiger partial charge in [-0.2, -0.15) is 0 Å². The van der Waals surface area contributed by atoms with Crippen molar-refractivity contribution < 1.29 is 9.53 Å². The minimum atomic E-state index is 0.103. The highest BCUT2D eigenvalue weighted by atomic mass is 16.5. The van der Waals surface area contributed by atoms with E-state index in [0.29, 0.717) is 0 Å². The summed E-state index contributed by atoms with van der Waals surface area (Å²) in [7, 11) is 2.10. The lowest BCUT2D eigenvalue weighted by Crippen LogP contribution is -2.34. The fourth-order valence-corrected chi connectivity index (χ4v) is 2.72. The van der Waals surface area contributed by atoms with Crippen LogP contribution in [0.3, 0.4) is 0 Å². The Bertz CT molecular complexity index is 640. The van der Waals surface area contributed by atoms with Crippen LogP contribution in [0.2, 0.25) is 0 Å². The first-order chi connectivity index (χ1) is 11.2. The Balaban J connectivity index is 1.65. The van der Waals surface area contributed by atoms with Gasteiger partial charge in [0.2, 0.25) is 0 Å². The fraction of sp³-hybridized carbons (Fsp3) is 0.316. The summed E-state index contributed by atoms with van der Waals surface area (Å²) in [4.78, 5) is 16.8. The average molecular weight is 310 g/mol. The van der Waals surface area contributed by atoms with Crippen molar-refractivity contribution >= 4 is 5.91 Å². The molecule has 1 aliphatic rings. The standard InChI is InChI=1S/C19H22N2O2/c1-20-12-5-13-21(15-14-20)19(22)16-8-10-18(11-9-16)23-17-6-3-2-4-7-17/h2-4,6-11H,5,12-15H2,1H3. The Kier molecular flexibility index (Phi) is 4.93. The molecule has 1 heterocycles. The Hall–Kier alpha value is -2.33. The van der Waals surface area contributed by atoms with E-state index in [2.05, 4.69) is 11.9 Å². The molecule has 0 aromatic heterocycles. The maximum Gasteiger partial charge on any atom is 0.253 e. The molecule has 1 aliphatic heterocycles. The van der Waals surface area contributed by atoms with Crippen LogP contribution in [0, 0.1) is 0 Å². The zero-order valence-corrected chi connectivity index (χ0v) is 13.4. The van der Waals surface area contributed by atoms with Gasteiger partial charge in [-0.15, -0.1) is 0 Å². The van der Waals surface area contributed by atoms with Gasteiger partial charge < -0.3 is 14.5 Å². The molecule has 0 spiro atoms. The Labute approximate surface area is 137 Å². The van der Waals surface area contributed by atoms with Gasteiger partial charge in [0.05, 0.1) is 0 Å². The third-order valence-electron chi connectivity index (χ3n) is 4.09. The van der Waals surface area contributed by atoms with Crippen LogP contribution in [-0.2, 0) is 0 Å². The summed E-state index contributed by atoms with van der Waals surface area (Å²) >= 11 is 0. The molecule has 23 heavy (non-hydrogen) atoms. The van der Waals surface area contributed by atoms with Gasteiger partial charge in [0.15, 0.2) is 0 Å². The second-order valence-corrected chi connectivity index (χ2v) is 5.89. The third-order valence-corrected chi connectivity index (χ3v) is 4.09. The summed E-state index contributed by atoms with van der Waals surface area (Å²) in [5.41, 5.74) is 0.718. The predicted octanol–water partition coefficient (Wildman–Crippen LogP) is 3.26. The van der Waals surface area contributed by atoms with Crippen LogP contribution < -0.4 is 4.74 Å². The van der Waals surface area contributed by atoms with Gasteiger partial charge in [0.25, 0.3) is 5.91 Å². The lowest BCUT2D eigenvalue weighted by Gasteiger charge is -2.20. The van der Waals surface area contributed by atoms with Gasteiger partial charge in [-0.05, 0) is 56.4 Å². The molecule has 0 N–H and O–H groups in total. The number of para-hydroxylation sites is 1. The SMILES string of the molecule is CN1CCCN(C(=O)c2ccc(Oc3ccccc3)cc2)CC1. The van der Waals surface area contributed by atoms with E-state index in [1.165, 1.54) is 0 Å². The second kappa shape index (κ2) is 7.29. The summed E-state index contributed by atoms with van der Waals surface area (Å²) in [5.74, 6) is 1.64. The van der Waals surface area contributed by atoms with E-state index < -0.39 is 0 Å². The largest absolute Gasteiger partial charge is 0.457 e. The van der Waals surface area contributed by atoms with Crippen molar-refractivity contribution in [1.29, 1.82) is 0 Å². The Morgan fingerprint density at radius 1 is 0.870 bits per heavy atom. The molecule has 1 amide bonds. The van der Waals surface area contributed by atoms with Gasteiger partial charge in [-0.25, -0.2) is 0 Å². The summed E-state index contributed by atoms with van der Waals surface area (Å²) in [5, 5.41) is 0. The molecule has 1 saturated heterocycles. The zero-order valence-electron chi connectivity index (χ0n) is 13.4. The highest BCUT2D eigenvalue weighted by molar-refractivity contribution is 5.94. The monoisotopic (exact) mass is 310 g/mol. The van der Waals surface area contributed by atoms with Crippen LogP contribution in [0.15, 0.2) is 54.6 Å². The normalized spacial score (nSPS) is 16.0. The number of hydrogen-bond donors (Lipinski definition) is 0. The van der Waals surface area contributed by atoms with Crippen LogP contribution in [0.5, 0.6) is 11.5 Å². The second-order valence-electron chi connectivity index (χ2n) is 5.89. The molecule has 0 bridgehead atoms. The highest BCUT2D eigenvalue weighted by Gasteiger charge is 2.18. The summed E-state index contributed by atoms with van der Waals surface area (Å²) in [6, 6.07) is 17.0. The number of carbonyl (C=O) groups excluding carboxylic acids is 1. The maximum atomic E-state index is 12.6. The van der Waals surface area contributed by atoms with Gasteiger partial charge in [0.1, 0.15) is 11.5 Å². The maximum absolute atomic E-state index is 12.6. The summed E-state index contributed by atoms with van der Waals surface area (Å²) < 4.78 is 5.76. The molecule has 0 aliphatic carbocycles. The molecule has 0 unspecified atom stereocenters. The molecule has 4 heteroatoms. The van der Waals surface area contributed by atoms with E-state index >= 15 is 0 Å². The highest BCUT2D eigenvalue weighted by Crippen LogP contribution is 2.21. The smallest absolute Gasteiger partial charge is 0.253 e. The molecule has 2 aromatic rings. The summed E-state index contributed by atoms with van der Waals surface area (Å²) in [6.07, 6.45) is 1.03. The van der Waals surface area contributed by atoms with E-state index in [0.717, 1.165) is 49.7 Å². The number of carbonyl (C=O) groups is 1. The minimum Gasteiger partial charge on any atom is -0.457 e. The molecular formula is C19H22N2O2. The molecule has 0 atom stereocenters. The van der Waals surface area contributed by atoms with Crippen LogP contribution in [0.1, 0.15) is 16.8 Å². The number of benzene rings is 2. The molecular weight excluding hydrogens is 288 g/mol. The number of likely N-dealkylation sites (N-methyl/N-ethyl adjacent to an activating group) is 1. The fourth-order valence-electron chi connectivity index (χ4n) is 2.72. The Morgan fingerprint density at radius 3 is 2.30 bits per heavy atom. The number of nitrogens with zero attached hydrogens (tertiary/aromatic N) is 2. The molecule has 0 radical (unpaired) electrons. The summed E-state index contributed by atoms with van der Waals surface area (Å²) in [6.45, 7) is 3.59. The van der Waals surface area contributed by atoms with Gasteiger partial charge in [-0.1, -0.05) is 18.2 Å². The van der Waals surface area contributed by atoms with Crippen molar-refractivity contribution in [2.24, 2.45) is 0 Å². The predicted molar refractivity (Wildman–Crippen MR) is 91.0 cm³/mol. The van der Waals surface area contributed by atoms with Crippen LogP contribution in [0.25, 0.3) is 0 Å². The quantitative estimate of drug-likeness (QED) is 0.872. The number of ether oxygens (including phenoxy) is 1. The van der Waals surface area contributed by atoms with Gasteiger partial charge >= 0.3 is 0 Å². The Morgan fingerprint density at radius 2 is 1.57 bits per heavy atom. The lowest BCUT2D eigenvalue weighted by atomic mass is 10.2. The molecule has 1 fully saturated rings. The van der Waals surface area contributed by atoms with E-state index in [9.17, 15) is 4.79 Å².